The number of thiophene rings is 1. The van der Waals surface area contributed by atoms with E-state index in [1.807, 2.05) is 12.3 Å². The van der Waals surface area contributed by atoms with Crippen molar-refractivity contribution >= 4 is 23.0 Å². The second-order valence-corrected chi connectivity index (χ2v) is 5.03. The molecule has 0 radical (unpaired) electrons. The zero-order valence-corrected chi connectivity index (χ0v) is 10.2. The molecule has 0 saturated carbocycles. The first-order chi connectivity index (χ1) is 7.58. The van der Waals surface area contributed by atoms with E-state index in [1.54, 1.807) is 6.07 Å². The van der Waals surface area contributed by atoms with E-state index in [0.717, 1.165) is 12.2 Å². The fourth-order valence-corrected chi connectivity index (χ4v) is 2.59. The number of anilines is 1. The number of aromatic carboxylic acids is 1. The monoisotopic (exact) mass is 241 g/mol. The molecule has 2 atom stereocenters. The summed E-state index contributed by atoms with van der Waals surface area (Å²) in [5, 5.41) is 10.8. The van der Waals surface area contributed by atoms with E-state index < -0.39 is 5.97 Å². The summed E-state index contributed by atoms with van der Waals surface area (Å²) in [5.41, 5.74) is 0.991. The van der Waals surface area contributed by atoms with Gasteiger partial charge in [-0.15, -0.1) is 11.3 Å². The molecule has 5 heteroatoms. The molecular weight excluding hydrogens is 226 g/mol. The largest absolute Gasteiger partial charge is 0.477 e. The van der Waals surface area contributed by atoms with Gasteiger partial charge >= 0.3 is 5.97 Å². The van der Waals surface area contributed by atoms with Gasteiger partial charge in [0.2, 0.25) is 0 Å². The summed E-state index contributed by atoms with van der Waals surface area (Å²) >= 11 is 1.27. The number of hydrogen-bond acceptors (Lipinski definition) is 4. The van der Waals surface area contributed by atoms with Crippen LogP contribution in [0.4, 0.5) is 5.69 Å². The number of ether oxygens (including phenoxy) is 1. The third kappa shape index (κ3) is 2.20. The summed E-state index contributed by atoms with van der Waals surface area (Å²) in [6.45, 7) is 5.63. The molecule has 1 aromatic rings. The number of carbonyl (C=O) groups is 1. The van der Waals surface area contributed by atoms with Gasteiger partial charge in [0.05, 0.1) is 12.7 Å². The van der Waals surface area contributed by atoms with Crippen molar-refractivity contribution in [2.24, 2.45) is 0 Å². The zero-order valence-electron chi connectivity index (χ0n) is 9.34. The number of rotatable bonds is 2. The van der Waals surface area contributed by atoms with Gasteiger partial charge < -0.3 is 14.7 Å². The Morgan fingerprint density at radius 3 is 3.00 bits per heavy atom. The van der Waals surface area contributed by atoms with E-state index in [4.69, 9.17) is 9.84 Å². The molecule has 4 nitrogen and oxygen atoms in total. The highest BCUT2D eigenvalue weighted by molar-refractivity contribution is 7.12. The van der Waals surface area contributed by atoms with E-state index in [9.17, 15) is 4.79 Å². The van der Waals surface area contributed by atoms with Crippen LogP contribution in [0.1, 0.15) is 23.5 Å². The molecule has 1 aliphatic heterocycles. The average molecular weight is 241 g/mol. The summed E-state index contributed by atoms with van der Waals surface area (Å²) in [6, 6.07) is 2.04. The van der Waals surface area contributed by atoms with Crippen LogP contribution in [0, 0.1) is 0 Å². The molecule has 2 heterocycles. The van der Waals surface area contributed by atoms with Crippen molar-refractivity contribution in [3.8, 4) is 0 Å². The molecule has 88 valence electrons. The normalized spacial score (nSPS) is 25.8. The molecule has 2 rings (SSSR count). The topological polar surface area (TPSA) is 49.8 Å². The zero-order chi connectivity index (χ0) is 11.7. The number of morpholine rings is 1. The van der Waals surface area contributed by atoms with E-state index in [1.165, 1.54) is 11.3 Å². The van der Waals surface area contributed by atoms with Crippen LogP contribution in [0.3, 0.4) is 0 Å². The van der Waals surface area contributed by atoms with Crippen LogP contribution in [0.2, 0.25) is 0 Å². The molecule has 0 spiro atoms. The van der Waals surface area contributed by atoms with Gasteiger partial charge in [-0.05, 0) is 19.9 Å². The Hall–Kier alpha value is -1.07. The van der Waals surface area contributed by atoms with Crippen molar-refractivity contribution in [2.45, 2.75) is 26.0 Å². The van der Waals surface area contributed by atoms with E-state index >= 15 is 0 Å². The van der Waals surface area contributed by atoms with Crippen molar-refractivity contribution in [2.75, 3.05) is 18.1 Å². The summed E-state index contributed by atoms with van der Waals surface area (Å²) in [7, 11) is 0. The van der Waals surface area contributed by atoms with Crippen LogP contribution in [0.25, 0.3) is 0 Å². The van der Waals surface area contributed by atoms with Crippen molar-refractivity contribution < 1.29 is 14.6 Å². The van der Waals surface area contributed by atoms with Gasteiger partial charge in [0.15, 0.2) is 0 Å². The van der Waals surface area contributed by atoms with Crippen molar-refractivity contribution in [3.05, 3.63) is 16.3 Å². The molecule has 2 unspecified atom stereocenters. The van der Waals surface area contributed by atoms with Crippen LogP contribution in [0.15, 0.2) is 11.4 Å². The number of hydrogen-bond donors (Lipinski definition) is 1. The van der Waals surface area contributed by atoms with Crippen molar-refractivity contribution in [3.63, 3.8) is 0 Å². The fourth-order valence-electron chi connectivity index (χ4n) is 1.85. The molecule has 0 amide bonds. The lowest BCUT2D eigenvalue weighted by atomic mass is 10.2. The van der Waals surface area contributed by atoms with E-state index in [2.05, 4.69) is 11.8 Å². The highest BCUT2D eigenvalue weighted by atomic mass is 32.1. The van der Waals surface area contributed by atoms with Crippen LogP contribution < -0.4 is 4.90 Å². The lowest BCUT2D eigenvalue weighted by molar-refractivity contribution is 0.0344. The third-order valence-electron chi connectivity index (χ3n) is 2.74. The Morgan fingerprint density at radius 1 is 1.62 bits per heavy atom. The number of nitrogens with zero attached hydrogens (tertiary/aromatic N) is 1. The standard InChI is InChI=1S/C11H15NO3S/c1-7-5-15-8(2)4-12(7)9-3-10(11(13)14)16-6-9/h3,6-8H,4-5H2,1-2H3,(H,13,14). The Balaban J connectivity index is 2.18. The number of carboxylic acids is 1. The molecule has 16 heavy (non-hydrogen) atoms. The SMILES string of the molecule is CC1CN(c2csc(C(=O)O)c2)C(C)CO1. The predicted octanol–water partition coefficient (Wildman–Crippen LogP) is 2.06. The van der Waals surface area contributed by atoms with Gasteiger partial charge in [-0.3, -0.25) is 0 Å². The third-order valence-corrected chi connectivity index (χ3v) is 3.64. The van der Waals surface area contributed by atoms with Crippen molar-refractivity contribution in [1.29, 1.82) is 0 Å². The van der Waals surface area contributed by atoms with Crippen LogP contribution in [-0.2, 0) is 4.74 Å². The first kappa shape index (κ1) is 11.4. The minimum Gasteiger partial charge on any atom is -0.477 e. The molecule has 1 aliphatic rings. The summed E-state index contributed by atoms with van der Waals surface area (Å²) in [6.07, 6.45) is 0.198. The Morgan fingerprint density at radius 2 is 2.38 bits per heavy atom. The molecule has 1 fully saturated rings. The second kappa shape index (κ2) is 4.43. The average Bonchev–Trinajstić information content (AvgIpc) is 2.70. The molecule has 0 aromatic carbocycles. The fraction of sp³-hybridized carbons (Fsp3) is 0.545. The molecular formula is C11H15NO3S. The van der Waals surface area contributed by atoms with Gasteiger partial charge in [-0.2, -0.15) is 0 Å². The minimum atomic E-state index is -0.856. The highest BCUT2D eigenvalue weighted by Crippen LogP contribution is 2.27. The Bertz CT molecular complexity index is 390. The van der Waals surface area contributed by atoms with Crippen LogP contribution >= 0.6 is 11.3 Å². The highest BCUT2D eigenvalue weighted by Gasteiger charge is 2.24. The molecule has 0 aliphatic carbocycles. The summed E-state index contributed by atoms with van der Waals surface area (Å²) in [5.74, 6) is -0.856. The Labute approximate surface area is 98.4 Å². The molecule has 1 saturated heterocycles. The molecule has 1 N–H and O–H groups in total. The summed E-state index contributed by atoms with van der Waals surface area (Å²) in [4.78, 5) is 13.4. The van der Waals surface area contributed by atoms with E-state index in [-0.39, 0.29) is 6.10 Å². The van der Waals surface area contributed by atoms with Gasteiger partial charge in [-0.1, -0.05) is 0 Å². The van der Waals surface area contributed by atoms with Crippen LogP contribution in [0.5, 0.6) is 0 Å². The lowest BCUT2D eigenvalue weighted by Gasteiger charge is -2.37. The molecule has 1 aromatic heterocycles. The van der Waals surface area contributed by atoms with Gasteiger partial charge in [-0.25, -0.2) is 4.79 Å². The van der Waals surface area contributed by atoms with Gasteiger partial charge in [0, 0.05) is 23.7 Å². The molecule has 0 bridgehead atoms. The smallest absolute Gasteiger partial charge is 0.345 e. The summed E-state index contributed by atoms with van der Waals surface area (Å²) < 4.78 is 5.54. The minimum absolute atomic E-state index is 0.198. The quantitative estimate of drug-likeness (QED) is 0.861. The maximum Gasteiger partial charge on any atom is 0.345 e. The maximum absolute atomic E-state index is 10.8. The first-order valence-electron chi connectivity index (χ1n) is 5.28. The first-order valence-corrected chi connectivity index (χ1v) is 6.16. The number of carboxylic acid groups (broad SMARTS) is 1. The second-order valence-electron chi connectivity index (χ2n) is 4.12. The Kier molecular flexibility index (Phi) is 3.16. The van der Waals surface area contributed by atoms with Gasteiger partial charge in [0.1, 0.15) is 4.88 Å². The predicted molar refractivity (Wildman–Crippen MR) is 63.5 cm³/mol. The van der Waals surface area contributed by atoms with Crippen LogP contribution in [-0.4, -0.2) is 36.4 Å². The van der Waals surface area contributed by atoms with Gasteiger partial charge in [0.25, 0.3) is 0 Å². The van der Waals surface area contributed by atoms with E-state index in [0.29, 0.717) is 17.5 Å². The maximum atomic E-state index is 10.8. The van der Waals surface area contributed by atoms with Crippen molar-refractivity contribution in [1.82, 2.24) is 0 Å². The lowest BCUT2D eigenvalue weighted by Crippen LogP contribution is -2.47.